The minimum atomic E-state index is 0.0680. The first-order chi connectivity index (χ1) is 12.1. The lowest BCUT2D eigenvalue weighted by Gasteiger charge is -2.42. The second-order valence-electron chi connectivity index (χ2n) is 8.17. The molecule has 2 saturated heterocycles. The number of hydrogen-bond acceptors (Lipinski definition) is 3. The van der Waals surface area contributed by atoms with Crippen molar-refractivity contribution in [1.82, 2.24) is 4.90 Å². The van der Waals surface area contributed by atoms with Crippen molar-refractivity contribution >= 4 is 11.5 Å². The fraction of sp³-hybridized carbons (Fsp3) is 0.682. The lowest BCUT2D eigenvalue weighted by atomic mass is 9.92. The van der Waals surface area contributed by atoms with Gasteiger partial charge in [-0.15, -0.1) is 0 Å². The molecule has 2 aliphatic heterocycles. The molecular weight excluding hydrogens is 308 g/mol. The summed E-state index contributed by atoms with van der Waals surface area (Å²) in [5.74, 6) is 1.27. The first-order valence-corrected chi connectivity index (χ1v) is 10.2. The Labute approximate surface area is 153 Å². The summed E-state index contributed by atoms with van der Waals surface area (Å²) in [6.45, 7) is 11.1. The lowest BCUT2D eigenvalue weighted by molar-refractivity contribution is 0.0939. The van der Waals surface area contributed by atoms with E-state index in [9.17, 15) is 4.79 Å². The van der Waals surface area contributed by atoms with E-state index in [1.54, 1.807) is 0 Å². The fourth-order valence-electron chi connectivity index (χ4n) is 4.39. The number of ketones is 1. The second-order valence-corrected chi connectivity index (χ2v) is 8.17. The molecule has 25 heavy (non-hydrogen) atoms. The van der Waals surface area contributed by atoms with Gasteiger partial charge in [-0.3, -0.25) is 4.79 Å². The smallest absolute Gasteiger partial charge is 0.165 e. The number of benzene rings is 1. The lowest BCUT2D eigenvalue weighted by Crippen LogP contribution is -2.47. The van der Waals surface area contributed by atoms with Gasteiger partial charge in [0.15, 0.2) is 5.78 Å². The molecule has 1 aromatic carbocycles. The minimum Gasteiger partial charge on any atom is -0.371 e. The molecule has 0 saturated carbocycles. The summed E-state index contributed by atoms with van der Waals surface area (Å²) in [4.78, 5) is 17.3. The summed E-state index contributed by atoms with van der Waals surface area (Å²) in [6.07, 6.45) is 6.67. The SMILES string of the molecule is CCC1CCN(C2CCN(c3ccc(C(=O)C(C)C)cc3)CC2)CC1. The van der Waals surface area contributed by atoms with Crippen molar-refractivity contribution in [3.05, 3.63) is 29.8 Å². The van der Waals surface area contributed by atoms with Crippen molar-refractivity contribution < 1.29 is 4.79 Å². The standard InChI is InChI=1S/C22H34N2O/c1-4-18-9-13-23(14-10-18)21-11-15-24(16-12-21)20-7-5-19(6-8-20)22(25)17(2)3/h5-8,17-18,21H,4,9-16H2,1-3H3. The van der Waals surface area contributed by atoms with Gasteiger partial charge in [-0.25, -0.2) is 0 Å². The van der Waals surface area contributed by atoms with Crippen LogP contribution in [0.4, 0.5) is 5.69 Å². The summed E-state index contributed by atoms with van der Waals surface area (Å²) < 4.78 is 0. The number of anilines is 1. The van der Waals surface area contributed by atoms with Crippen molar-refractivity contribution in [2.45, 2.75) is 58.9 Å². The Morgan fingerprint density at radius 2 is 1.60 bits per heavy atom. The van der Waals surface area contributed by atoms with E-state index < -0.39 is 0 Å². The summed E-state index contributed by atoms with van der Waals surface area (Å²) in [5.41, 5.74) is 2.11. The summed E-state index contributed by atoms with van der Waals surface area (Å²) in [7, 11) is 0. The molecule has 0 unspecified atom stereocenters. The van der Waals surface area contributed by atoms with Gasteiger partial charge in [0, 0.05) is 36.3 Å². The zero-order chi connectivity index (χ0) is 17.8. The molecule has 0 N–H and O–H groups in total. The van der Waals surface area contributed by atoms with E-state index in [0.717, 1.165) is 30.6 Å². The number of piperidine rings is 2. The maximum Gasteiger partial charge on any atom is 0.165 e. The van der Waals surface area contributed by atoms with Crippen LogP contribution in [0.15, 0.2) is 24.3 Å². The number of carbonyl (C=O) groups excluding carboxylic acids is 1. The molecule has 0 aliphatic carbocycles. The Morgan fingerprint density at radius 3 is 2.12 bits per heavy atom. The predicted molar refractivity (Wildman–Crippen MR) is 105 cm³/mol. The third-order valence-corrected chi connectivity index (χ3v) is 6.25. The Morgan fingerprint density at radius 1 is 1.00 bits per heavy atom. The van der Waals surface area contributed by atoms with Crippen molar-refractivity contribution in [3.8, 4) is 0 Å². The molecule has 1 aromatic rings. The van der Waals surface area contributed by atoms with E-state index in [1.807, 2.05) is 26.0 Å². The Hall–Kier alpha value is -1.35. The van der Waals surface area contributed by atoms with Crippen LogP contribution in [-0.2, 0) is 0 Å². The van der Waals surface area contributed by atoms with Crippen LogP contribution in [-0.4, -0.2) is 42.9 Å². The van der Waals surface area contributed by atoms with Crippen LogP contribution in [0.5, 0.6) is 0 Å². The molecule has 2 aliphatic rings. The largest absolute Gasteiger partial charge is 0.371 e. The van der Waals surface area contributed by atoms with E-state index in [-0.39, 0.29) is 11.7 Å². The minimum absolute atomic E-state index is 0.0680. The summed E-state index contributed by atoms with van der Waals surface area (Å²) in [5, 5.41) is 0. The van der Waals surface area contributed by atoms with Crippen LogP contribution in [0.2, 0.25) is 0 Å². The molecule has 3 heteroatoms. The van der Waals surface area contributed by atoms with Crippen molar-refractivity contribution in [3.63, 3.8) is 0 Å². The number of Topliss-reactive ketones (excluding diaryl/α,β-unsaturated/α-hetero) is 1. The molecule has 0 bridgehead atoms. The molecule has 0 aromatic heterocycles. The average molecular weight is 343 g/mol. The van der Waals surface area contributed by atoms with Gasteiger partial charge in [-0.05, 0) is 69.0 Å². The van der Waals surface area contributed by atoms with Gasteiger partial charge in [0.25, 0.3) is 0 Å². The average Bonchev–Trinajstić information content (AvgIpc) is 2.67. The van der Waals surface area contributed by atoms with E-state index in [1.165, 1.54) is 50.9 Å². The highest BCUT2D eigenvalue weighted by molar-refractivity contribution is 5.97. The van der Waals surface area contributed by atoms with Crippen molar-refractivity contribution in [2.24, 2.45) is 11.8 Å². The third-order valence-electron chi connectivity index (χ3n) is 6.25. The number of hydrogen-bond donors (Lipinski definition) is 0. The number of rotatable bonds is 5. The summed E-state index contributed by atoms with van der Waals surface area (Å²) >= 11 is 0. The molecule has 0 atom stereocenters. The van der Waals surface area contributed by atoms with E-state index in [2.05, 4.69) is 28.9 Å². The van der Waals surface area contributed by atoms with E-state index in [0.29, 0.717) is 0 Å². The zero-order valence-corrected chi connectivity index (χ0v) is 16.2. The first kappa shape index (κ1) is 18.4. The molecular formula is C22H34N2O. The Kier molecular flexibility index (Phi) is 6.16. The van der Waals surface area contributed by atoms with Crippen LogP contribution < -0.4 is 4.90 Å². The summed E-state index contributed by atoms with van der Waals surface area (Å²) in [6, 6.07) is 9.03. The van der Waals surface area contributed by atoms with Gasteiger partial charge in [0.05, 0.1) is 0 Å². The van der Waals surface area contributed by atoms with Crippen molar-refractivity contribution in [1.29, 1.82) is 0 Å². The maximum atomic E-state index is 12.1. The van der Waals surface area contributed by atoms with Crippen molar-refractivity contribution in [2.75, 3.05) is 31.1 Å². The van der Waals surface area contributed by atoms with Crippen LogP contribution >= 0.6 is 0 Å². The number of likely N-dealkylation sites (tertiary alicyclic amines) is 1. The molecule has 3 rings (SSSR count). The predicted octanol–water partition coefficient (Wildman–Crippen LogP) is 4.62. The highest BCUT2D eigenvalue weighted by Crippen LogP contribution is 2.27. The fourth-order valence-corrected chi connectivity index (χ4v) is 4.39. The monoisotopic (exact) mass is 342 g/mol. The molecule has 0 radical (unpaired) electrons. The van der Waals surface area contributed by atoms with Crippen LogP contribution in [0, 0.1) is 11.8 Å². The molecule has 138 valence electrons. The Balaban J connectivity index is 1.51. The Bertz CT molecular complexity index is 550. The van der Waals surface area contributed by atoms with Crippen LogP contribution in [0.1, 0.15) is 63.2 Å². The van der Waals surface area contributed by atoms with E-state index in [4.69, 9.17) is 0 Å². The highest BCUT2D eigenvalue weighted by Gasteiger charge is 2.27. The van der Waals surface area contributed by atoms with Gasteiger partial charge in [-0.2, -0.15) is 0 Å². The maximum absolute atomic E-state index is 12.1. The van der Waals surface area contributed by atoms with Gasteiger partial charge in [0.1, 0.15) is 0 Å². The number of carbonyl (C=O) groups is 1. The van der Waals surface area contributed by atoms with E-state index >= 15 is 0 Å². The first-order valence-electron chi connectivity index (χ1n) is 10.2. The topological polar surface area (TPSA) is 23.6 Å². The molecule has 0 amide bonds. The molecule has 3 nitrogen and oxygen atoms in total. The quantitative estimate of drug-likeness (QED) is 0.730. The van der Waals surface area contributed by atoms with Crippen LogP contribution in [0.3, 0.4) is 0 Å². The third kappa shape index (κ3) is 4.44. The zero-order valence-electron chi connectivity index (χ0n) is 16.2. The van der Waals surface area contributed by atoms with Gasteiger partial charge in [0.2, 0.25) is 0 Å². The molecule has 2 heterocycles. The van der Waals surface area contributed by atoms with Crippen LogP contribution in [0.25, 0.3) is 0 Å². The van der Waals surface area contributed by atoms with Gasteiger partial charge >= 0.3 is 0 Å². The highest BCUT2D eigenvalue weighted by atomic mass is 16.1. The second kappa shape index (κ2) is 8.35. The van der Waals surface area contributed by atoms with Gasteiger partial charge in [-0.1, -0.05) is 27.2 Å². The number of nitrogens with zero attached hydrogens (tertiary/aromatic N) is 2. The molecule has 2 fully saturated rings. The molecule has 0 spiro atoms. The normalized spacial score (nSPS) is 21.0. The van der Waals surface area contributed by atoms with Gasteiger partial charge < -0.3 is 9.80 Å².